The van der Waals surface area contributed by atoms with E-state index < -0.39 is 0 Å². The average molecular weight is 290 g/mol. The van der Waals surface area contributed by atoms with Crippen molar-refractivity contribution in [3.63, 3.8) is 0 Å². The maximum absolute atomic E-state index is 5.20. The van der Waals surface area contributed by atoms with Gasteiger partial charge in [0.05, 0.1) is 19.6 Å². The highest BCUT2D eigenvalue weighted by Crippen LogP contribution is 2.31. The number of methoxy groups -OCH3 is 1. The maximum Gasteiger partial charge on any atom is 0.137 e. The molecular formula is C18H14N2O2. The van der Waals surface area contributed by atoms with Gasteiger partial charge in [0.1, 0.15) is 11.4 Å². The zero-order valence-electron chi connectivity index (χ0n) is 12.0. The van der Waals surface area contributed by atoms with Crippen molar-refractivity contribution < 1.29 is 9.15 Å². The number of fused-ring (bicyclic) bond motifs is 1. The highest BCUT2D eigenvalue weighted by atomic mass is 16.5. The Kier molecular flexibility index (Phi) is 2.93. The minimum absolute atomic E-state index is 0.846. The van der Waals surface area contributed by atoms with Crippen molar-refractivity contribution in [1.82, 2.24) is 9.97 Å². The summed E-state index contributed by atoms with van der Waals surface area (Å²) in [6.45, 7) is 0. The minimum atomic E-state index is 0.846. The van der Waals surface area contributed by atoms with Gasteiger partial charge in [-0.1, -0.05) is 12.1 Å². The third-order valence-electron chi connectivity index (χ3n) is 3.79. The van der Waals surface area contributed by atoms with Crippen molar-refractivity contribution in [3.8, 4) is 28.0 Å². The highest BCUT2D eigenvalue weighted by molar-refractivity contribution is 5.95. The predicted octanol–water partition coefficient (Wildman–Crippen LogP) is 4.50. The van der Waals surface area contributed by atoms with Gasteiger partial charge in [0, 0.05) is 34.5 Å². The van der Waals surface area contributed by atoms with Gasteiger partial charge in [-0.25, -0.2) is 4.98 Å². The molecule has 0 amide bonds. The standard InChI is InChI=1S/C18H14N2O2/c1-21-15-4-2-12(3-5-15)14-8-16-17(13-6-7-22-11-13)10-20-18(16)19-9-14/h2-11H,1H3,(H,19,20). The number of H-pyrrole nitrogens is 1. The Morgan fingerprint density at radius 3 is 2.64 bits per heavy atom. The number of nitrogens with one attached hydrogen (secondary N) is 1. The van der Waals surface area contributed by atoms with Crippen molar-refractivity contribution in [1.29, 1.82) is 0 Å². The van der Waals surface area contributed by atoms with Gasteiger partial charge in [0.15, 0.2) is 0 Å². The van der Waals surface area contributed by atoms with E-state index in [9.17, 15) is 0 Å². The number of hydrogen-bond acceptors (Lipinski definition) is 3. The van der Waals surface area contributed by atoms with Gasteiger partial charge in [-0.15, -0.1) is 0 Å². The van der Waals surface area contributed by atoms with E-state index in [4.69, 9.17) is 9.15 Å². The average Bonchev–Trinajstić information content (AvgIpc) is 3.23. The van der Waals surface area contributed by atoms with Crippen LogP contribution in [0.2, 0.25) is 0 Å². The number of aromatic nitrogens is 2. The van der Waals surface area contributed by atoms with Crippen LogP contribution in [0.3, 0.4) is 0 Å². The third-order valence-corrected chi connectivity index (χ3v) is 3.79. The Morgan fingerprint density at radius 2 is 1.91 bits per heavy atom. The smallest absolute Gasteiger partial charge is 0.137 e. The van der Waals surface area contributed by atoms with E-state index in [1.54, 1.807) is 19.6 Å². The first-order valence-electron chi connectivity index (χ1n) is 6.99. The number of ether oxygens (including phenoxy) is 1. The SMILES string of the molecule is COc1ccc(-c2cnc3[nH]cc(-c4ccoc4)c3c2)cc1. The molecule has 3 heterocycles. The van der Waals surface area contributed by atoms with E-state index in [2.05, 4.69) is 16.0 Å². The van der Waals surface area contributed by atoms with E-state index in [-0.39, 0.29) is 0 Å². The Bertz CT molecular complexity index is 906. The topological polar surface area (TPSA) is 51.0 Å². The van der Waals surface area contributed by atoms with Crippen molar-refractivity contribution in [3.05, 3.63) is 61.3 Å². The van der Waals surface area contributed by atoms with Gasteiger partial charge in [0.25, 0.3) is 0 Å². The van der Waals surface area contributed by atoms with Crippen LogP contribution in [0.4, 0.5) is 0 Å². The van der Waals surface area contributed by atoms with Gasteiger partial charge in [-0.05, 0) is 29.8 Å². The molecule has 0 bridgehead atoms. The molecule has 4 nitrogen and oxygen atoms in total. The first kappa shape index (κ1) is 12.7. The fourth-order valence-electron chi connectivity index (χ4n) is 2.60. The number of hydrogen-bond donors (Lipinski definition) is 1. The number of nitrogens with zero attached hydrogens (tertiary/aromatic N) is 1. The van der Waals surface area contributed by atoms with Crippen molar-refractivity contribution >= 4 is 11.0 Å². The van der Waals surface area contributed by atoms with Crippen molar-refractivity contribution in [2.45, 2.75) is 0 Å². The molecule has 0 spiro atoms. The third kappa shape index (κ3) is 2.05. The largest absolute Gasteiger partial charge is 0.497 e. The summed E-state index contributed by atoms with van der Waals surface area (Å²) in [7, 11) is 1.67. The molecule has 0 unspecified atom stereocenters. The van der Waals surface area contributed by atoms with Crippen LogP contribution in [-0.2, 0) is 0 Å². The molecule has 0 fully saturated rings. The van der Waals surface area contributed by atoms with E-state index in [0.29, 0.717) is 0 Å². The summed E-state index contributed by atoms with van der Waals surface area (Å²) < 4.78 is 10.4. The van der Waals surface area contributed by atoms with Crippen LogP contribution in [-0.4, -0.2) is 17.1 Å². The summed E-state index contributed by atoms with van der Waals surface area (Å²) in [5.74, 6) is 0.846. The van der Waals surface area contributed by atoms with Crippen molar-refractivity contribution in [2.75, 3.05) is 7.11 Å². The van der Waals surface area contributed by atoms with E-state index in [0.717, 1.165) is 39.0 Å². The Morgan fingerprint density at radius 1 is 1.05 bits per heavy atom. The van der Waals surface area contributed by atoms with Gasteiger partial charge in [0.2, 0.25) is 0 Å². The second-order valence-electron chi connectivity index (χ2n) is 5.06. The number of aromatic amines is 1. The highest BCUT2D eigenvalue weighted by Gasteiger charge is 2.09. The van der Waals surface area contributed by atoms with Gasteiger partial charge in [-0.3, -0.25) is 0 Å². The first-order valence-corrected chi connectivity index (χ1v) is 6.99. The summed E-state index contributed by atoms with van der Waals surface area (Å²) in [6.07, 6.45) is 7.25. The molecule has 0 saturated carbocycles. The lowest BCUT2D eigenvalue weighted by Crippen LogP contribution is -1.84. The summed E-state index contributed by atoms with van der Waals surface area (Å²) >= 11 is 0. The molecular weight excluding hydrogens is 276 g/mol. The number of furan rings is 1. The minimum Gasteiger partial charge on any atom is -0.497 e. The molecule has 0 atom stereocenters. The van der Waals surface area contributed by atoms with E-state index in [1.165, 1.54) is 0 Å². The van der Waals surface area contributed by atoms with E-state index >= 15 is 0 Å². The molecule has 0 aliphatic heterocycles. The van der Waals surface area contributed by atoms with Crippen LogP contribution < -0.4 is 4.74 Å². The number of pyridine rings is 1. The molecule has 4 aromatic rings. The lowest BCUT2D eigenvalue weighted by molar-refractivity contribution is 0.415. The molecule has 0 radical (unpaired) electrons. The molecule has 4 rings (SSSR count). The van der Waals surface area contributed by atoms with Crippen LogP contribution >= 0.6 is 0 Å². The zero-order chi connectivity index (χ0) is 14.9. The molecule has 3 aromatic heterocycles. The normalized spacial score (nSPS) is 11.0. The lowest BCUT2D eigenvalue weighted by Gasteiger charge is -2.04. The number of benzene rings is 1. The van der Waals surface area contributed by atoms with E-state index in [1.807, 2.05) is 42.7 Å². The summed E-state index contributed by atoms with van der Waals surface area (Å²) in [6, 6.07) is 12.1. The Hall–Kier alpha value is -3.01. The zero-order valence-corrected chi connectivity index (χ0v) is 12.0. The lowest BCUT2D eigenvalue weighted by atomic mass is 10.0. The Balaban J connectivity index is 1.83. The monoisotopic (exact) mass is 290 g/mol. The van der Waals surface area contributed by atoms with Crippen LogP contribution in [0.25, 0.3) is 33.3 Å². The molecule has 0 aliphatic rings. The Labute approximate surface area is 127 Å². The van der Waals surface area contributed by atoms with Gasteiger partial charge < -0.3 is 14.1 Å². The molecule has 1 aromatic carbocycles. The maximum atomic E-state index is 5.20. The fraction of sp³-hybridized carbons (Fsp3) is 0.0556. The first-order chi connectivity index (χ1) is 10.8. The van der Waals surface area contributed by atoms with Crippen LogP contribution in [0.15, 0.2) is 65.7 Å². The van der Waals surface area contributed by atoms with Crippen LogP contribution in [0.5, 0.6) is 5.75 Å². The van der Waals surface area contributed by atoms with Gasteiger partial charge in [-0.2, -0.15) is 0 Å². The summed E-state index contributed by atoms with van der Waals surface area (Å²) in [4.78, 5) is 7.71. The molecule has 0 saturated heterocycles. The summed E-state index contributed by atoms with van der Waals surface area (Å²) in [5, 5.41) is 1.08. The molecule has 22 heavy (non-hydrogen) atoms. The fourth-order valence-corrected chi connectivity index (χ4v) is 2.60. The summed E-state index contributed by atoms with van der Waals surface area (Å²) in [5.41, 5.74) is 5.18. The predicted molar refractivity (Wildman–Crippen MR) is 85.8 cm³/mol. The van der Waals surface area contributed by atoms with Crippen molar-refractivity contribution in [2.24, 2.45) is 0 Å². The van der Waals surface area contributed by atoms with Crippen LogP contribution in [0.1, 0.15) is 0 Å². The second-order valence-corrected chi connectivity index (χ2v) is 5.06. The van der Waals surface area contributed by atoms with Crippen LogP contribution in [0, 0.1) is 0 Å². The molecule has 1 N–H and O–H groups in total. The second kappa shape index (κ2) is 5.07. The quantitative estimate of drug-likeness (QED) is 0.604. The molecule has 108 valence electrons. The van der Waals surface area contributed by atoms with Gasteiger partial charge >= 0.3 is 0 Å². The molecule has 4 heteroatoms. The molecule has 0 aliphatic carbocycles. The number of rotatable bonds is 3.